The molecule has 1 saturated carbocycles. The van der Waals surface area contributed by atoms with E-state index >= 15 is 0 Å². The maximum Gasteiger partial charge on any atom is 0.334 e. The lowest BCUT2D eigenvalue weighted by atomic mass is 9.85. The lowest BCUT2D eigenvalue weighted by Gasteiger charge is -2.34. The summed E-state index contributed by atoms with van der Waals surface area (Å²) >= 11 is 0. The van der Waals surface area contributed by atoms with Gasteiger partial charge in [-0.15, -0.1) is 0 Å². The molecule has 2 N–H and O–H groups in total. The van der Waals surface area contributed by atoms with Crippen molar-refractivity contribution in [2.24, 2.45) is 5.92 Å². The van der Waals surface area contributed by atoms with Crippen LogP contribution in [0.15, 0.2) is 0 Å². The van der Waals surface area contributed by atoms with E-state index in [-0.39, 0.29) is 12.0 Å². The summed E-state index contributed by atoms with van der Waals surface area (Å²) in [6, 6.07) is -1.82. The van der Waals surface area contributed by atoms with Crippen LogP contribution < -0.4 is 10.6 Å². The second-order valence-electron chi connectivity index (χ2n) is 6.09. The molecule has 2 rings (SSSR count). The Morgan fingerprint density at radius 3 is 2.42 bits per heavy atom. The molecule has 0 radical (unpaired) electrons. The first kappa shape index (κ1) is 17.9. The fourth-order valence-electron chi connectivity index (χ4n) is 3.15. The standard InChI is InChI=1S/C15H22N4O5/c1-3-16-14(23)17-11(20)8-18-12(21)13(22)19(15(18)24)10-7-5-4-6-9(10)2/h9-10H,3-8H2,1-2H3,(H2,16,17,20,23)/t9-,10-/m0/s1. The quantitative estimate of drug-likeness (QED) is 0.561. The lowest BCUT2D eigenvalue weighted by molar-refractivity contribution is -0.145. The highest BCUT2D eigenvalue weighted by Crippen LogP contribution is 2.31. The number of carbonyl (C=O) groups excluding carboxylic acids is 5. The second kappa shape index (κ2) is 7.41. The van der Waals surface area contributed by atoms with Gasteiger partial charge in [-0.3, -0.25) is 24.6 Å². The molecule has 9 nitrogen and oxygen atoms in total. The van der Waals surface area contributed by atoms with Gasteiger partial charge in [0.1, 0.15) is 6.54 Å². The Kier molecular flexibility index (Phi) is 5.53. The predicted octanol–water partition coefficient (Wildman–Crippen LogP) is 0.202. The van der Waals surface area contributed by atoms with Crippen molar-refractivity contribution < 1.29 is 24.0 Å². The van der Waals surface area contributed by atoms with Crippen LogP contribution in [0.25, 0.3) is 0 Å². The minimum absolute atomic E-state index is 0.114. The Balaban J connectivity index is 2.05. The number of imide groups is 3. The molecular formula is C15H22N4O5. The van der Waals surface area contributed by atoms with E-state index < -0.39 is 36.3 Å². The Labute approximate surface area is 139 Å². The molecule has 0 bridgehead atoms. The molecule has 1 aliphatic heterocycles. The first-order valence-corrected chi connectivity index (χ1v) is 8.13. The highest BCUT2D eigenvalue weighted by atomic mass is 16.2. The lowest BCUT2D eigenvalue weighted by Crippen LogP contribution is -2.48. The molecule has 0 aromatic heterocycles. The van der Waals surface area contributed by atoms with Crippen molar-refractivity contribution in [3.63, 3.8) is 0 Å². The highest BCUT2D eigenvalue weighted by Gasteiger charge is 2.49. The predicted molar refractivity (Wildman–Crippen MR) is 82.6 cm³/mol. The number of hydrogen-bond donors (Lipinski definition) is 2. The molecule has 24 heavy (non-hydrogen) atoms. The average Bonchev–Trinajstić information content (AvgIpc) is 2.72. The highest BCUT2D eigenvalue weighted by molar-refractivity contribution is 6.45. The average molecular weight is 338 g/mol. The molecule has 0 spiro atoms. The first-order chi connectivity index (χ1) is 11.4. The molecule has 1 saturated heterocycles. The summed E-state index contributed by atoms with van der Waals surface area (Å²) in [7, 11) is 0. The van der Waals surface area contributed by atoms with E-state index in [4.69, 9.17) is 0 Å². The number of carbonyl (C=O) groups is 5. The molecule has 0 aromatic rings. The summed E-state index contributed by atoms with van der Waals surface area (Å²) in [5, 5.41) is 4.36. The smallest absolute Gasteiger partial charge is 0.334 e. The van der Waals surface area contributed by atoms with E-state index in [1.807, 2.05) is 12.2 Å². The minimum Gasteiger partial charge on any atom is -0.338 e. The molecule has 9 heteroatoms. The summed E-state index contributed by atoms with van der Waals surface area (Å²) in [4.78, 5) is 61.3. The van der Waals surface area contributed by atoms with Crippen molar-refractivity contribution in [3.05, 3.63) is 0 Å². The van der Waals surface area contributed by atoms with E-state index in [9.17, 15) is 24.0 Å². The monoisotopic (exact) mass is 338 g/mol. The zero-order chi connectivity index (χ0) is 17.9. The fourth-order valence-corrected chi connectivity index (χ4v) is 3.15. The topological polar surface area (TPSA) is 116 Å². The van der Waals surface area contributed by atoms with Crippen LogP contribution in [-0.2, 0) is 14.4 Å². The number of nitrogens with one attached hydrogen (secondary N) is 2. The summed E-state index contributed by atoms with van der Waals surface area (Å²) in [5.41, 5.74) is 0. The summed E-state index contributed by atoms with van der Waals surface area (Å²) in [5.74, 6) is -2.63. The Morgan fingerprint density at radius 1 is 1.12 bits per heavy atom. The van der Waals surface area contributed by atoms with Crippen LogP contribution in [0.5, 0.6) is 0 Å². The van der Waals surface area contributed by atoms with Crippen LogP contribution in [0, 0.1) is 5.92 Å². The van der Waals surface area contributed by atoms with Gasteiger partial charge in [0.15, 0.2) is 0 Å². The van der Waals surface area contributed by atoms with E-state index in [0.29, 0.717) is 17.9 Å². The first-order valence-electron chi connectivity index (χ1n) is 8.13. The van der Waals surface area contributed by atoms with Crippen molar-refractivity contribution in [2.45, 2.75) is 45.6 Å². The number of amides is 7. The number of hydrogen-bond acceptors (Lipinski definition) is 5. The number of rotatable bonds is 4. The van der Waals surface area contributed by atoms with Crippen molar-refractivity contribution in [1.82, 2.24) is 20.4 Å². The Bertz CT molecular complexity index is 576. The minimum atomic E-state index is -1.02. The summed E-state index contributed by atoms with van der Waals surface area (Å²) < 4.78 is 0. The van der Waals surface area contributed by atoms with E-state index in [0.717, 1.165) is 24.2 Å². The summed E-state index contributed by atoms with van der Waals surface area (Å²) in [6.45, 7) is 3.30. The second-order valence-corrected chi connectivity index (χ2v) is 6.09. The van der Waals surface area contributed by atoms with Crippen LogP contribution in [0.4, 0.5) is 9.59 Å². The molecule has 1 heterocycles. The fraction of sp³-hybridized carbons (Fsp3) is 0.667. The van der Waals surface area contributed by atoms with Gasteiger partial charge < -0.3 is 5.32 Å². The normalized spacial score (nSPS) is 24.3. The third kappa shape index (κ3) is 3.55. The Morgan fingerprint density at radius 2 is 1.79 bits per heavy atom. The molecule has 2 fully saturated rings. The van der Waals surface area contributed by atoms with E-state index in [1.165, 1.54) is 0 Å². The van der Waals surface area contributed by atoms with Crippen molar-refractivity contribution in [2.75, 3.05) is 13.1 Å². The van der Waals surface area contributed by atoms with Gasteiger partial charge in [-0.2, -0.15) is 0 Å². The molecule has 1 aliphatic carbocycles. The largest absolute Gasteiger partial charge is 0.338 e. The van der Waals surface area contributed by atoms with Gasteiger partial charge in [0, 0.05) is 12.6 Å². The van der Waals surface area contributed by atoms with Gasteiger partial charge >= 0.3 is 23.9 Å². The van der Waals surface area contributed by atoms with Crippen LogP contribution in [0.2, 0.25) is 0 Å². The molecule has 7 amide bonds. The van der Waals surface area contributed by atoms with Crippen molar-refractivity contribution in [1.29, 1.82) is 0 Å². The SMILES string of the molecule is CCNC(=O)NC(=O)CN1C(=O)C(=O)N([C@H]2CCCC[C@@H]2C)C1=O. The maximum absolute atomic E-state index is 12.4. The molecule has 0 unspecified atom stereocenters. The Hall–Kier alpha value is -2.45. The van der Waals surface area contributed by atoms with Crippen LogP contribution in [0.1, 0.15) is 39.5 Å². The molecule has 0 aromatic carbocycles. The molecule has 2 atom stereocenters. The zero-order valence-corrected chi connectivity index (χ0v) is 13.8. The third-order valence-corrected chi connectivity index (χ3v) is 4.37. The van der Waals surface area contributed by atoms with Gasteiger partial charge in [0.25, 0.3) is 0 Å². The zero-order valence-electron chi connectivity index (χ0n) is 13.8. The van der Waals surface area contributed by atoms with Gasteiger partial charge in [-0.25, -0.2) is 14.5 Å². The van der Waals surface area contributed by atoms with Crippen molar-refractivity contribution in [3.8, 4) is 0 Å². The molecule has 132 valence electrons. The maximum atomic E-state index is 12.4. The number of urea groups is 2. The van der Waals surface area contributed by atoms with Gasteiger partial charge in [0.2, 0.25) is 5.91 Å². The van der Waals surface area contributed by atoms with E-state index in [1.54, 1.807) is 6.92 Å². The van der Waals surface area contributed by atoms with Gasteiger partial charge in [0.05, 0.1) is 0 Å². The number of nitrogens with zero attached hydrogens (tertiary/aromatic N) is 2. The van der Waals surface area contributed by atoms with E-state index in [2.05, 4.69) is 5.32 Å². The van der Waals surface area contributed by atoms with Crippen LogP contribution in [0.3, 0.4) is 0 Å². The van der Waals surface area contributed by atoms with Crippen LogP contribution in [-0.4, -0.2) is 58.7 Å². The van der Waals surface area contributed by atoms with Gasteiger partial charge in [-0.1, -0.05) is 19.8 Å². The van der Waals surface area contributed by atoms with Crippen LogP contribution >= 0.6 is 0 Å². The molecular weight excluding hydrogens is 316 g/mol. The molecule has 2 aliphatic rings. The summed E-state index contributed by atoms with van der Waals surface area (Å²) in [6.07, 6.45) is 3.46. The van der Waals surface area contributed by atoms with Crippen molar-refractivity contribution >= 4 is 29.8 Å². The van der Waals surface area contributed by atoms with Gasteiger partial charge in [-0.05, 0) is 25.7 Å². The third-order valence-electron chi connectivity index (χ3n) is 4.37.